The Morgan fingerprint density at radius 2 is 1.81 bits per heavy atom. The lowest BCUT2D eigenvalue weighted by atomic mass is 10.1. The summed E-state index contributed by atoms with van der Waals surface area (Å²) >= 11 is 7.15. The molecule has 0 fully saturated rings. The molecule has 0 unspecified atom stereocenters. The third kappa shape index (κ3) is 5.33. The van der Waals surface area contributed by atoms with Crippen molar-refractivity contribution < 1.29 is 12.8 Å². The number of benzene rings is 3. The summed E-state index contributed by atoms with van der Waals surface area (Å²) in [6, 6.07) is 19.5. The summed E-state index contributed by atoms with van der Waals surface area (Å²) in [7, 11) is -4.11. The Bertz CT molecular complexity index is 1300. The molecule has 0 aromatic heterocycles. The van der Waals surface area contributed by atoms with Crippen LogP contribution in [0.25, 0.3) is 0 Å². The summed E-state index contributed by atoms with van der Waals surface area (Å²) in [6.07, 6.45) is 0. The fourth-order valence-corrected chi connectivity index (χ4v) is 5.92. The summed E-state index contributed by atoms with van der Waals surface area (Å²) in [5.74, 6) is -0.464. The van der Waals surface area contributed by atoms with E-state index in [4.69, 9.17) is 11.6 Å². The molecule has 0 heterocycles. The molecular weight excluding hydrogens is 467 g/mol. The van der Waals surface area contributed by atoms with Crippen molar-refractivity contribution in [3.63, 3.8) is 0 Å². The van der Waals surface area contributed by atoms with Crippen molar-refractivity contribution in [3.8, 4) is 6.07 Å². The van der Waals surface area contributed by atoms with E-state index in [2.05, 4.69) is 5.32 Å². The Labute approximate surface area is 196 Å². The number of nitrogens with zero attached hydrogens (tertiary/aromatic N) is 1. The zero-order valence-electron chi connectivity index (χ0n) is 17.4. The van der Waals surface area contributed by atoms with Crippen LogP contribution in [0.1, 0.15) is 16.7 Å². The molecule has 164 valence electrons. The van der Waals surface area contributed by atoms with Gasteiger partial charge in [0.1, 0.15) is 16.9 Å². The van der Waals surface area contributed by atoms with E-state index >= 15 is 0 Å². The van der Waals surface area contributed by atoms with Gasteiger partial charge in [0.25, 0.3) is 0 Å². The van der Waals surface area contributed by atoms with Crippen LogP contribution in [0.5, 0.6) is 0 Å². The molecule has 0 spiro atoms. The zero-order chi connectivity index (χ0) is 23.3. The van der Waals surface area contributed by atoms with Crippen LogP contribution in [0.2, 0.25) is 5.02 Å². The lowest BCUT2D eigenvalue weighted by molar-refractivity contribution is 0.603. The quantitative estimate of drug-likeness (QED) is 0.380. The molecule has 0 aliphatic carbocycles. The van der Waals surface area contributed by atoms with E-state index in [1.807, 2.05) is 38.1 Å². The van der Waals surface area contributed by atoms with Crippen LogP contribution in [0, 0.1) is 31.0 Å². The largest absolute Gasteiger partial charge is 0.348 e. The van der Waals surface area contributed by atoms with Gasteiger partial charge < -0.3 is 5.32 Å². The smallest absolute Gasteiger partial charge is 0.219 e. The molecule has 0 saturated heterocycles. The van der Waals surface area contributed by atoms with Crippen molar-refractivity contribution in [1.82, 2.24) is 0 Å². The fourth-order valence-electron chi connectivity index (χ4n) is 3.00. The molecule has 3 aromatic rings. The molecule has 0 radical (unpaired) electrons. The molecule has 3 aromatic carbocycles. The van der Waals surface area contributed by atoms with Gasteiger partial charge >= 0.3 is 0 Å². The van der Waals surface area contributed by atoms with E-state index in [1.54, 1.807) is 24.3 Å². The predicted molar refractivity (Wildman–Crippen MR) is 129 cm³/mol. The van der Waals surface area contributed by atoms with Crippen LogP contribution in [-0.4, -0.2) is 8.42 Å². The molecule has 0 amide bonds. The van der Waals surface area contributed by atoms with Crippen molar-refractivity contribution in [2.24, 2.45) is 0 Å². The maximum atomic E-state index is 14.3. The van der Waals surface area contributed by atoms with Crippen LogP contribution >= 0.6 is 23.4 Å². The predicted octanol–water partition coefficient (Wildman–Crippen LogP) is 6.61. The first-order chi connectivity index (χ1) is 15.2. The third-order valence-electron chi connectivity index (χ3n) is 4.68. The molecule has 0 bridgehead atoms. The van der Waals surface area contributed by atoms with E-state index in [-0.39, 0.29) is 26.3 Å². The van der Waals surface area contributed by atoms with Crippen LogP contribution in [0.4, 0.5) is 10.1 Å². The van der Waals surface area contributed by atoms with Crippen LogP contribution < -0.4 is 5.32 Å². The molecule has 0 atom stereocenters. The maximum absolute atomic E-state index is 14.3. The topological polar surface area (TPSA) is 70.0 Å². The normalized spacial score (nSPS) is 12.1. The minimum atomic E-state index is -4.11. The number of nitrogens with one attached hydrogen (secondary N) is 1. The summed E-state index contributed by atoms with van der Waals surface area (Å²) in [6.45, 7) is 3.83. The fraction of sp³-hybridized carbons (Fsp3) is 0.125. The second-order valence-corrected chi connectivity index (χ2v) is 10.3. The number of sulfone groups is 1. The minimum absolute atomic E-state index is 0.000928. The van der Waals surface area contributed by atoms with Crippen molar-refractivity contribution >= 4 is 38.9 Å². The Morgan fingerprint density at radius 3 is 2.44 bits per heavy atom. The first-order valence-corrected chi connectivity index (χ1v) is 12.4. The SMILES string of the molecule is Cc1ccc(N/C(SCc2c(F)cccc2Cl)=C(/C#N)S(=O)(=O)c2ccccc2)c(C)c1. The van der Waals surface area contributed by atoms with Gasteiger partial charge in [0.15, 0.2) is 4.91 Å². The molecule has 4 nitrogen and oxygen atoms in total. The number of thioether (sulfide) groups is 1. The van der Waals surface area contributed by atoms with Crippen molar-refractivity contribution in [1.29, 1.82) is 5.26 Å². The van der Waals surface area contributed by atoms with Gasteiger partial charge in [-0.1, -0.05) is 53.6 Å². The summed E-state index contributed by atoms with van der Waals surface area (Å²) < 4.78 is 40.8. The molecule has 3 rings (SSSR count). The average Bonchev–Trinajstić information content (AvgIpc) is 2.76. The van der Waals surface area contributed by atoms with Crippen LogP contribution in [0.3, 0.4) is 0 Å². The Balaban J connectivity index is 2.10. The number of allylic oxidation sites excluding steroid dienone is 1. The first kappa shape index (κ1) is 23.9. The first-order valence-electron chi connectivity index (χ1n) is 9.58. The molecule has 0 saturated carbocycles. The standard InChI is InChI=1S/C24H20ClFN2O2S2/c1-16-11-12-22(17(2)13-16)28-24(31-15-19-20(25)9-6-10-21(19)26)23(14-27)32(29,30)18-7-4-3-5-8-18/h3-13,28H,15H2,1-2H3/b24-23+. The molecular formula is C24H20ClFN2O2S2. The van der Waals surface area contributed by atoms with Gasteiger partial charge in [0.05, 0.1) is 4.90 Å². The number of hydrogen-bond acceptors (Lipinski definition) is 5. The van der Waals surface area contributed by atoms with Gasteiger partial charge in [-0.25, -0.2) is 12.8 Å². The highest BCUT2D eigenvalue weighted by molar-refractivity contribution is 8.04. The third-order valence-corrected chi connectivity index (χ3v) is 7.92. The van der Waals surface area contributed by atoms with E-state index in [9.17, 15) is 18.1 Å². The Morgan fingerprint density at radius 1 is 1.09 bits per heavy atom. The van der Waals surface area contributed by atoms with Gasteiger partial charge in [0, 0.05) is 22.0 Å². The van der Waals surface area contributed by atoms with Gasteiger partial charge in [-0.05, 0) is 49.7 Å². The second-order valence-electron chi connectivity index (χ2n) is 7.02. The molecule has 8 heteroatoms. The number of halogens is 2. The lowest BCUT2D eigenvalue weighted by Gasteiger charge is -2.16. The zero-order valence-corrected chi connectivity index (χ0v) is 19.8. The van der Waals surface area contributed by atoms with E-state index in [0.29, 0.717) is 5.69 Å². The Hall–Kier alpha value is -2.79. The monoisotopic (exact) mass is 486 g/mol. The molecule has 0 aliphatic rings. The Kier molecular flexibility index (Phi) is 7.62. The maximum Gasteiger partial charge on any atom is 0.219 e. The van der Waals surface area contributed by atoms with Crippen molar-refractivity contribution in [2.45, 2.75) is 24.5 Å². The summed E-state index contributed by atoms with van der Waals surface area (Å²) in [5.41, 5.74) is 2.80. The van der Waals surface area contributed by atoms with E-state index in [0.717, 1.165) is 22.9 Å². The van der Waals surface area contributed by atoms with E-state index in [1.165, 1.54) is 24.3 Å². The van der Waals surface area contributed by atoms with E-state index < -0.39 is 20.6 Å². The van der Waals surface area contributed by atoms with Gasteiger partial charge in [-0.2, -0.15) is 5.26 Å². The number of nitriles is 1. The number of aryl methyl sites for hydroxylation is 2. The summed E-state index contributed by atoms with van der Waals surface area (Å²) in [5, 5.41) is 13.3. The number of anilines is 1. The highest BCUT2D eigenvalue weighted by Gasteiger charge is 2.26. The van der Waals surface area contributed by atoms with Crippen LogP contribution in [-0.2, 0) is 15.6 Å². The van der Waals surface area contributed by atoms with Gasteiger partial charge in [-0.15, -0.1) is 11.8 Å². The van der Waals surface area contributed by atoms with Crippen LogP contribution in [0.15, 0.2) is 81.6 Å². The average molecular weight is 487 g/mol. The summed E-state index contributed by atoms with van der Waals surface area (Å²) in [4.78, 5) is -0.442. The molecule has 0 aliphatic heterocycles. The highest BCUT2D eigenvalue weighted by atomic mass is 35.5. The van der Waals surface area contributed by atoms with Gasteiger partial charge in [0.2, 0.25) is 9.84 Å². The number of hydrogen-bond donors (Lipinski definition) is 1. The number of rotatable bonds is 7. The minimum Gasteiger partial charge on any atom is -0.348 e. The molecule has 1 N–H and O–H groups in total. The van der Waals surface area contributed by atoms with Gasteiger partial charge in [-0.3, -0.25) is 0 Å². The van der Waals surface area contributed by atoms with Crippen molar-refractivity contribution in [2.75, 3.05) is 5.32 Å². The van der Waals surface area contributed by atoms with Crippen molar-refractivity contribution in [3.05, 3.63) is 104 Å². The lowest BCUT2D eigenvalue weighted by Crippen LogP contribution is -2.11. The molecule has 32 heavy (non-hydrogen) atoms. The second kappa shape index (κ2) is 10.2. The highest BCUT2D eigenvalue weighted by Crippen LogP contribution is 2.34.